The molecular weight excluding hydrogens is 312 g/mol. The Bertz CT molecular complexity index is 477. The largest absolute Gasteiger partial charge is 0.416 e. The highest BCUT2D eigenvalue weighted by Gasteiger charge is 2.61. The van der Waals surface area contributed by atoms with Crippen molar-refractivity contribution < 1.29 is 9.53 Å². The summed E-state index contributed by atoms with van der Waals surface area (Å²) in [5.74, 6) is 0.514. The maximum atomic E-state index is 11.6. The van der Waals surface area contributed by atoms with Crippen molar-refractivity contribution in [3.05, 3.63) is 12.7 Å². The van der Waals surface area contributed by atoms with Crippen LogP contribution in [-0.2, 0) is 4.43 Å². The van der Waals surface area contributed by atoms with Crippen LogP contribution in [0.1, 0.15) is 73.1 Å². The van der Waals surface area contributed by atoms with Crippen molar-refractivity contribution in [3.8, 4) is 0 Å². The summed E-state index contributed by atoms with van der Waals surface area (Å²) in [6.07, 6.45) is 8.49. The first kappa shape index (κ1) is 20.2. The lowest BCUT2D eigenvalue weighted by Gasteiger charge is -2.62. The fourth-order valence-corrected chi connectivity index (χ4v) is 6.15. The highest BCUT2D eigenvalue weighted by Crippen LogP contribution is 2.62. The molecule has 2 nitrogen and oxygen atoms in total. The highest BCUT2D eigenvalue weighted by molar-refractivity contribution is 6.74. The zero-order chi connectivity index (χ0) is 18.4. The smallest absolute Gasteiger partial charge is 0.192 e. The average molecular weight is 353 g/mol. The van der Waals surface area contributed by atoms with E-state index in [0.717, 1.165) is 19.3 Å². The van der Waals surface area contributed by atoms with Crippen molar-refractivity contribution in [2.24, 2.45) is 16.7 Å². The van der Waals surface area contributed by atoms with Gasteiger partial charge in [0.1, 0.15) is 0 Å². The van der Waals surface area contributed by atoms with Gasteiger partial charge < -0.3 is 9.53 Å². The molecule has 2 saturated carbocycles. The molecule has 24 heavy (non-hydrogen) atoms. The van der Waals surface area contributed by atoms with Gasteiger partial charge in [-0.25, -0.2) is 0 Å². The summed E-state index contributed by atoms with van der Waals surface area (Å²) in [5, 5.41) is 11.8. The van der Waals surface area contributed by atoms with Gasteiger partial charge in [0.05, 0.1) is 5.60 Å². The van der Waals surface area contributed by atoms with Crippen LogP contribution in [0.5, 0.6) is 0 Å². The highest BCUT2D eigenvalue weighted by atomic mass is 28.4. The van der Waals surface area contributed by atoms with Crippen LogP contribution < -0.4 is 0 Å². The van der Waals surface area contributed by atoms with Crippen molar-refractivity contribution >= 4 is 8.32 Å². The molecule has 0 aliphatic heterocycles. The Morgan fingerprint density at radius 3 is 2.33 bits per heavy atom. The summed E-state index contributed by atoms with van der Waals surface area (Å²) in [5.41, 5.74) is -0.674. The minimum atomic E-state index is -1.84. The van der Waals surface area contributed by atoms with E-state index in [2.05, 4.69) is 54.3 Å². The van der Waals surface area contributed by atoms with Crippen molar-refractivity contribution in [2.75, 3.05) is 6.61 Å². The molecule has 0 bridgehead atoms. The maximum absolute atomic E-state index is 11.6. The molecule has 0 amide bonds. The zero-order valence-corrected chi connectivity index (χ0v) is 18.2. The number of hydrogen-bond acceptors (Lipinski definition) is 2. The van der Waals surface area contributed by atoms with Crippen LogP contribution >= 0.6 is 0 Å². The number of rotatable bonds is 4. The second-order valence-corrected chi connectivity index (χ2v) is 15.4. The zero-order valence-electron chi connectivity index (χ0n) is 17.2. The first-order valence-corrected chi connectivity index (χ1v) is 12.7. The second-order valence-electron chi connectivity index (χ2n) is 10.6. The second kappa shape index (κ2) is 6.24. The van der Waals surface area contributed by atoms with E-state index in [1.165, 1.54) is 19.3 Å². The Balaban J connectivity index is 2.39. The molecule has 3 heteroatoms. The van der Waals surface area contributed by atoms with E-state index in [1.807, 2.05) is 6.08 Å². The van der Waals surface area contributed by atoms with Crippen LogP contribution in [0.2, 0.25) is 18.1 Å². The van der Waals surface area contributed by atoms with E-state index in [-0.39, 0.29) is 15.9 Å². The molecule has 0 radical (unpaired) electrons. The van der Waals surface area contributed by atoms with Gasteiger partial charge >= 0.3 is 0 Å². The number of aliphatic hydroxyl groups is 1. The van der Waals surface area contributed by atoms with Crippen LogP contribution in [0.25, 0.3) is 0 Å². The third-order valence-corrected chi connectivity index (χ3v) is 12.3. The molecule has 2 fully saturated rings. The minimum Gasteiger partial charge on any atom is -0.416 e. The molecule has 140 valence electrons. The Labute approximate surface area is 151 Å². The molecule has 0 heterocycles. The van der Waals surface area contributed by atoms with Gasteiger partial charge in [0, 0.05) is 12.0 Å². The minimum absolute atomic E-state index is 0.162. The first-order valence-electron chi connectivity index (χ1n) is 9.81. The molecule has 2 aliphatic carbocycles. The summed E-state index contributed by atoms with van der Waals surface area (Å²) in [4.78, 5) is 0. The molecule has 1 unspecified atom stereocenters. The summed E-state index contributed by atoms with van der Waals surface area (Å²) in [7, 11) is -1.84. The van der Waals surface area contributed by atoms with Gasteiger partial charge in [-0.1, -0.05) is 47.1 Å². The maximum Gasteiger partial charge on any atom is 0.192 e. The molecular formula is C21H40O2Si. The molecule has 2 rings (SSSR count). The summed E-state index contributed by atoms with van der Waals surface area (Å²) < 4.78 is 6.72. The SMILES string of the molecule is C=CC1(O)CCC[C@@H]2C(C)(C)CCC[C@]21CO[Si](C)(C)C(C)(C)C. The Morgan fingerprint density at radius 1 is 1.17 bits per heavy atom. The van der Waals surface area contributed by atoms with Crippen LogP contribution in [0.4, 0.5) is 0 Å². The van der Waals surface area contributed by atoms with Gasteiger partial charge in [-0.3, -0.25) is 0 Å². The molecule has 1 N–H and O–H groups in total. The van der Waals surface area contributed by atoms with Gasteiger partial charge in [-0.15, -0.1) is 6.58 Å². The van der Waals surface area contributed by atoms with Gasteiger partial charge in [-0.2, -0.15) is 0 Å². The number of hydrogen-bond donors (Lipinski definition) is 1. The van der Waals surface area contributed by atoms with Crippen molar-refractivity contribution in [2.45, 2.75) is 96.9 Å². The quantitative estimate of drug-likeness (QED) is 0.502. The van der Waals surface area contributed by atoms with E-state index in [9.17, 15) is 5.11 Å². The standard InChI is InChI=1S/C21H40O2Si/c1-9-21(22)15-10-12-17-19(5,6)13-11-14-20(17,21)16-23-24(7,8)18(2,3)4/h9,17,22H,1,10-16H2,2-8H3/t17-,20+,21?/m1/s1. The lowest BCUT2D eigenvalue weighted by molar-refractivity contribution is -0.183. The average Bonchev–Trinajstić information content (AvgIpc) is 2.45. The predicted octanol–water partition coefficient (Wildman–Crippen LogP) is 5.92. The first-order chi connectivity index (χ1) is 10.8. The third-order valence-electron chi connectivity index (χ3n) is 7.80. The van der Waals surface area contributed by atoms with Crippen LogP contribution in [0, 0.1) is 16.7 Å². The van der Waals surface area contributed by atoms with Crippen molar-refractivity contribution in [1.29, 1.82) is 0 Å². The van der Waals surface area contributed by atoms with E-state index < -0.39 is 13.9 Å². The molecule has 0 aromatic carbocycles. The monoisotopic (exact) mass is 352 g/mol. The van der Waals surface area contributed by atoms with E-state index in [1.54, 1.807) is 0 Å². The number of fused-ring (bicyclic) bond motifs is 1. The molecule has 0 aromatic heterocycles. The van der Waals surface area contributed by atoms with Gasteiger partial charge in [0.15, 0.2) is 8.32 Å². The van der Waals surface area contributed by atoms with Gasteiger partial charge in [-0.05, 0) is 61.6 Å². The lowest BCUT2D eigenvalue weighted by atomic mass is 9.46. The van der Waals surface area contributed by atoms with Crippen molar-refractivity contribution in [3.63, 3.8) is 0 Å². The Hall–Kier alpha value is -0.123. The van der Waals surface area contributed by atoms with E-state index >= 15 is 0 Å². The predicted molar refractivity (Wildman–Crippen MR) is 106 cm³/mol. The van der Waals surface area contributed by atoms with E-state index in [4.69, 9.17) is 4.43 Å². The Kier molecular flexibility index (Phi) is 5.25. The molecule has 3 atom stereocenters. The summed E-state index contributed by atoms with van der Waals surface area (Å²) in [6, 6.07) is 0. The van der Waals surface area contributed by atoms with Crippen LogP contribution in [0.3, 0.4) is 0 Å². The van der Waals surface area contributed by atoms with Crippen molar-refractivity contribution in [1.82, 2.24) is 0 Å². The normalized spacial score (nSPS) is 36.9. The molecule has 2 aliphatic rings. The third kappa shape index (κ3) is 3.17. The van der Waals surface area contributed by atoms with Gasteiger partial charge in [0.25, 0.3) is 0 Å². The topological polar surface area (TPSA) is 29.5 Å². The fourth-order valence-electron chi connectivity index (χ4n) is 5.09. The summed E-state index contributed by atoms with van der Waals surface area (Å²) >= 11 is 0. The van der Waals surface area contributed by atoms with Crippen LogP contribution in [0.15, 0.2) is 12.7 Å². The van der Waals surface area contributed by atoms with Gasteiger partial charge in [0.2, 0.25) is 0 Å². The fraction of sp³-hybridized carbons (Fsp3) is 0.905. The molecule has 0 aromatic rings. The van der Waals surface area contributed by atoms with E-state index in [0.29, 0.717) is 12.5 Å². The molecule has 0 saturated heterocycles. The molecule has 0 spiro atoms. The lowest BCUT2D eigenvalue weighted by Crippen LogP contribution is -2.62. The Morgan fingerprint density at radius 2 is 1.79 bits per heavy atom. The van der Waals surface area contributed by atoms with Crippen LogP contribution in [-0.4, -0.2) is 25.6 Å². The summed E-state index contributed by atoms with van der Waals surface area (Å²) in [6.45, 7) is 21.0.